The van der Waals surface area contributed by atoms with E-state index in [4.69, 9.17) is 9.84 Å². The fourth-order valence-corrected chi connectivity index (χ4v) is 1.54. The van der Waals surface area contributed by atoms with E-state index in [0.29, 0.717) is 0 Å². The summed E-state index contributed by atoms with van der Waals surface area (Å²) in [6, 6.07) is -1.17. The van der Waals surface area contributed by atoms with Crippen LogP contribution in [0.2, 0.25) is 0 Å². The zero-order chi connectivity index (χ0) is 12.5. The van der Waals surface area contributed by atoms with E-state index >= 15 is 0 Å². The van der Waals surface area contributed by atoms with Gasteiger partial charge in [-0.3, -0.25) is 4.79 Å². The van der Waals surface area contributed by atoms with E-state index in [-0.39, 0.29) is 0 Å². The van der Waals surface area contributed by atoms with E-state index in [1.807, 2.05) is 0 Å². The minimum absolute atomic E-state index is 0.524. The first kappa shape index (κ1) is 13.2. The Morgan fingerprint density at radius 3 is 2.44 bits per heavy atom. The van der Waals surface area contributed by atoms with Crippen molar-refractivity contribution in [3.05, 3.63) is 0 Å². The first-order valence-corrected chi connectivity index (χ1v) is 4.59. The van der Waals surface area contributed by atoms with Gasteiger partial charge in [0, 0.05) is 0 Å². The van der Waals surface area contributed by atoms with E-state index in [2.05, 4.69) is 0 Å². The van der Waals surface area contributed by atoms with Crippen molar-refractivity contribution in [2.45, 2.75) is 37.5 Å². The lowest BCUT2D eigenvalue weighted by Crippen LogP contribution is -2.51. The van der Waals surface area contributed by atoms with Crippen molar-refractivity contribution < 1.29 is 32.9 Å². The summed E-state index contributed by atoms with van der Waals surface area (Å²) in [5.41, 5.74) is 0. The van der Waals surface area contributed by atoms with E-state index in [9.17, 15) is 23.1 Å². The smallest absolute Gasteiger partial charge is 0.394 e. The van der Waals surface area contributed by atoms with Gasteiger partial charge in [-0.1, -0.05) is 0 Å². The Bertz CT molecular complexity index is 270. The Morgan fingerprint density at radius 1 is 1.50 bits per heavy atom. The summed E-state index contributed by atoms with van der Waals surface area (Å²) < 4.78 is 40.8. The Balaban J connectivity index is 2.64. The summed E-state index contributed by atoms with van der Waals surface area (Å²) in [4.78, 5) is 10.6. The van der Waals surface area contributed by atoms with Crippen molar-refractivity contribution in [1.29, 1.82) is 0 Å². The van der Waals surface area contributed by atoms with Gasteiger partial charge in [0.25, 0.3) is 0 Å². The number of hydrogen-bond donors (Lipinski definition) is 3. The minimum Gasteiger partial charge on any atom is -0.394 e. The molecular weight excluding hydrogens is 231 g/mol. The predicted octanol–water partition coefficient (Wildman–Crippen LogP) is -0.826. The molecule has 94 valence electrons. The van der Waals surface area contributed by atoms with Crippen LogP contribution >= 0.6 is 0 Å². The van der Waals surface area contributed by atoms with Gasteiger partial charge < -0.3 is 20.3 Å². The van der Waals surface area contributed by atoms with Crippen molar-refractivity contribution >= 4 is 5.91 Å². The van der Waals surface area contributed by atoms with Gasteiger partial charge in [0.05, 0.1) is 18.8 Å². The fourth-order valence-electron chi connectivity index (χ4n) is 1.54. The van der Waals surface area contributed by atoms with Crippen LogP contribution in [0.4, 0.5) is 13.2 Å². The van der Waals surface area contributed by atoms with Crippen LogP contribution < -0.4 is 5.32 Å². The number of nitrogens with one attached hydrogen (secondary N) is 1. The number of carbonyl (C=O) groups is 1. The molecule has 0 spiro atoms. The summed E-state index contributed by atoms with van der Waals surface area (Å²) in [6.45, 7) is 0.879. The van der Waals surface area contributed by atoms with Crippen molar-refractivity contribution in [3.8, 4) is 0 Å². The molecule has 0 aromatic carbocycles. The van der Waals surface area contributed by atoms with E-state index in [1.54, 1.807) is 5.32 Å². The molecule has 1 rings (SSSR count). The first-order chi connectivity index (χ1) is 7.27. The van der Waals surface area contributed by atoms with E-state index in [0.717, 1.165) is 0 Å². The number of alkyl halides is 3. The van der Waals surface area contributed by atoms with Gasteiger partial charge in [-0.2, -0.15) is 13.2 Å². The Kier molecular flexibility index (Phi) is 3.76. The van der Waals surface area contributed by atoms with Crippen molar-refractivity contribution in [2.24, 2.45) is 0 Å². The summed E-state index contributed by atoms with van der Waals surface area (Å²) in [5, 5.41) is 19.8. The molecule has 1 aliphatic heterocycles. The highest BCUT2D eigenvalue weighted by atomic mass is 19.4. The van der Waals surface area contributed by atoms with Gasteiger partial charge in [0.2, 0.25) is 0 Å². The van der Waals surface area contributed by atoms with Crippen LogP contribution in [0.1, 0.15) is 6.92 Å². The topological polar surface area (TPSA) is 78.8 Å². The lowest BCUT2D eigenvalue weighted by molar-refractivity contribution is -0.175. The van der Waals surface area contributed by atoms with Crippen LogP contribution in [0.15, 0.2) is 0 Å². The van der Waals surface area contributed by atoms with Gasteiger partial charge in [-0.05, 0) is 6.92 Å². The van der Waals surface area contributed by atoms with Crippen molar-refractivity contribution in [3.63, 3.8) is 0 Å². The van der Waals surface area contributed by atoms with Gasteiger partial charge in [-0.25, -0.2) is 0 Å². The molecule has 0 saturated carbocycles. The van der Waals surface area contributed by atoms with Gasteiger partial charge in [0.15, 0.2) is 0 Å². The molecule has 16 heavy (non-hydrogen) atoms. The quantitative estimate of drug-likeness (QED) is 0.591. The molecule has 1 aliphatic rings. The second kappa shape index (κ2) is 4.56. The summed E-state index contributed by atoms with van der Waals surface area (Å²) in [7, 11) is 0. The predicted molar refractivity (Wildman–Crippen MR) is 45.4 cm³/mol. The molecule has 8 heteroatoms. The van der Waals surface area contributed by atoms with E-state index < -0.39 is 43.0 Å². The number of aliphatic hydroxyl groups is 2. The summed E-state index contributed by atoms with van der Waals surface area (Å²) >= 11 is 0. The second-order valence-electron chi connectivity index (χ2n) is 3.55. The average Bonchev–Trinajstić information content (AvgIpc) is 2.43. The Morgan fingerprint density at radius 2 is 2.06 bits per heavy atom. The second-order valence-corrected chi connectivity index (χ2v) is 3.55. The summed E-state index contributed by atoms with van der Waals surface area (Å²) in [6.07, 6.45) is -8.13. The zero-order valence-corrected chi connectivity index (χ0v) is 8.36. The zero-order valence-electron chi connectivity index (χ0n) is 8.36. The normalized spacial score (nSPS) is 35.1. The maximum atomic E-state index is 12.0. The highest BCUT2D eigenvalue weighted by Crippen LogP contribution is 2.22. The number of carbonyl (C=O) groups excluding carboxylic acids is 1. The Labute approximate surface area is 89.2 Å². The maximum absolute atomic E-state index is 12.0. The molecule has 5 nitrogen and oxygen atoms in total. The van der Waals surface area contributed by atoms with Gasteiger partial charge in [-0.15, -0.1) is 0 Å². The largest absolute Gasteiger partial charge is 0.471 e. The van der Waals surface area contributed by atoms with Crippen LogP contribution in [0.3, 0.4) is 0 Å². The number of rotatable bonds is 2. The molecular formula is C8H12F3NO4. The molecule has 1 fully saturated rings. The molecule has 3 N–H and O–H groups in total. The number of amides is 1. The molecule has 1 amide bonds. The SMILES string of the molecule is C[C@@H]1O[C@H](CO)C(O)C1NC(=O)C(F)(F)F. The summed E-state index contributed by atoms with van der Waals surface area (Å²) in [5.74, 6) is -2.13. The standard InChI is InChI=1S/C8H12F3NO4/c1-3-5(6(14)4(2-13)16-3)12-7(15)8(9,10)11/h3-6,13-14H,2H2,1H3,(H,12,15)/t3-,4+,5?,6?/m0/s1. The van der Waals surface area contributed by atoms with Gasteiger partial charge >= 0.3 is 12.1 Å². The van der Waals surface area contributed by atoms with Crippen LogP contribution in [0.25, 0.3) is 0 Å². The lowest BCUT2D eigenvalue weighted by atomic mass is 10.1. The number of aliphatic hydroxyl groups excluding tert-OH is 2. The first-order valence-electron chi connectivity index (χ1n) is 4.59. The molecule has 0 radical (unpaired) electrons. The minimum atomic E-state index is -5.00. The van der Waals surface area contributed by atoms with Crippen LogP contribution in [0.5, 0.6) is 0 Å². The fraction of sp³-hybridized carbons (Fsp3) is 0.875. The molecule has 0 bridgehead atoms. The molecule has 1 heterocycles. The highest BCUT2D eigenvalue weighted by Gasteiger charge is 2.46. The highest BCUT2D eigenvalue weighted by molar-refractivity contribution is 5.82. The third-order valence-electron chi connectivity index (χ3n) is 2.38. The lowest BCUT2D eigenvalue weighted by Gasteiger charge is -2.20. The maximum Gasteiger partial charge on any atom is 0.471 e. The molecule has 0 aromatic rings. The molecule has 4 atom stereocenters. The molecule has 2 unspecified atom stereocenters. The van der Waals surface area contributed by atoms with Crippen molar-refractivity contribution in [2.75, 3.05) is 6.61 Å². The monoisotopic (exact) mass is 243 g/mol. The number of halogens is 3. The number of ether oxygens (including phenoxy) is 1. The van der Waals surface area contributed by atoms with Crippen LogP contribution in [-0.4, -0.2) is 53.3 Å². The van der Waals surface area contributed by atoms with Gasteiger partial charge in [0.1, 0.15) is 12.2 Å². The Hall–Kier alpha value is -0.860. The third-order valence-corrected chi connectivity index (χ3v) is 2.38. The molecule has 0 aromatic heterocycles. The third kappa shape index (κ3) is 2.63. The van der Waals surface area contributed by atoms with Crippen LogP contribution in [-0.2, 0) is 9.53 Å². The molecule has 1 saturated heterocycles. The van der Waals surface area contributed by atoms with Crippen LogP contribution in [0, 0.1) is 0 Å². The average molecular weight is 243 g/mol. The van der Waals surface area contributed by atoms with Crippen molar-refractivity contribution in [1.82, 2.24) is 5.32 Å². The number of hydrogen-bond acceptors (Lipinski definition) is 4. The van der Waals surface area contributed by atoms with E-state index in [1.165, 1.54) is 6.92 Å². The molecule has 0 aliphatic carbocycles.